The number of hydrogen-bond donors (Lipinski definition) is 10. The summed E-state index contributed by atoms with van der Waals surface area (Å²) in [5.74, 6) is -3.85. The number of allylic oxidation sites excluding steroid dienone is 1. The maximum absolute atomic E-state index is 12.6. The van der Waals surface area contributed by atoms with Crippen molar-refractivity contribution in [2.75, 3.05) is 11.1 Å². The molecule has 0 spiro atoms. The summed E-state index contributed by atoms with van der Waals surface area (Å²) >= 11 is 0. The summed E-state index contributed by atoms with van der Waals surface area (Å²) in [7, 11) is -18.8. The Morgan fingerprint density at radius 1 is 0.518 bits per heavy atom. The number of aromatic hydroxyl groups is 5. The zero-order valence-electron chi connectivity index (χ0n) is 44.2. The van der Waals surface area contributed by atoms with Gasteiger partial charge in [-0.05, 0) is 127 Å². The average Bonchev–Trinajstić information content (AvgIpc) is 3.38. The molecule has 0 saturated carbocycles. The van der Waals surface area contributed by atoms with Crippen LogP contribution < -0.4 is 110 Å². The van der Waals surface area contributed by atoms with E-state index in [0.717, 1.165) is 48.5 Å². The van der Waals surface area contributed by atoms with Crippen LogP contribution in [0, 0.1) is 0 Å². The number of benzene rings is 8. The predicted octanol–water partition coefficient (Wildman–Crippen LogP) is -0.340. The Morgan fingerprint density at radius 3 is 1.36 bits per heavy atom. The number of primary sulfonamides is 2. The summed E-state index contributed by atoms with van der Waals surface area (Å²) in [4.78, 5) is 9.80. The molecule has 1 amide bonds. The molecular weight excluding hydrogens is 1270 g/mol. The Labute approximate surface area is 559 Å². The van der Waals surface area contributed by atoms with Crippen molar-refractivity contribution in [1.82, 2.24) is 0 Å². The van der Waals surface area contributed by atoms with Gasteiger partial charge in [-0.25, -0.2) is 43.9 Å². The number of para-hydroxylation sites is 1. The molecular formula is C48H38CrN12Na3O17S4+. The van der Waals surface area contributed by atoms with Gasteiger partial charge >= 0.3 is 88.7 Å². The minimum Gasteiger partial charge on any atom is -0.744 e. The van der Waals surface area contributed by atoms with Crippen LogP contribution in [0.5, 0.6) is 28.7 Å². The minimum atomic E-state index is -5.27. The Morgan fingerprint density at radius 2 is 0.953 bits per heavy atom. The van der Waals surface area contributed by atoms with Gasteiger partial charge in [-0.1, -0.05) is 18.2 Å². The number of sulfonamides is 2. The first kappa shape index (κ1) is 72.9. The summed E-state index contributed by atoms with van der Waals surface area (Å²) < 4.78 is 119. The number of nitrogens with one attached hydrogen (secondary N) is 1. The van der Waals surface area contributed by atoms with Crippen molar-refractivity contribution in [2.24, 2.45) is 51.2 Å². The van der Waals surface area contributed by atoms with Crippen LogP contribution in [0.4, 0.5) is 51.2 Å². The van der Waals surface area contributed by atoms with E-state index in [-0.39, 0.29) is 156 Å². The van der Waals surface area contributed by atoms with Crippen LogP contribution in [-0.4, -0.2) is 79.3 Å². The smallest absolute Gasteiger partial charge is 0.744 e. The van der Waals surface area contributed by atoms with Gasteiger partial charge in [0.15, 0.2) is 17.2 Å². The first-order chi connectivity index (χ1) is 37.9. The van der Waals surface area contributed by atoms with Gasteiger partial charge in [0, 0.05) is 39.9 Å². The molecule has 0 radical (unpaired) electrons. The Bertz CT molecular complexity index is 4530. The van der Waals surface area contributed by atoms with Crippen LogP contribution in [0.3, 0.4) is 0 Å². The third-order valence-electron chi connectivity index (χ3n) is 10.8. The molecule has 0 atom stereocenters. The molecule has 13 N–H and O–H groups in total. The van der Waals surface area contributed by atoms with Gasteiger partial charge in [-0.15, -0.1) is 30.7 Å². The second kappa shape index (κ2) is 29.8. The standard InChI is InChI=1S/C26H22N6O9S2.C22H18N6O8S2.Cr.3Na/c1-14(33)23(26(36)28-16-5-3-2-4-6-16)31-29-17-7-9-19-15(11-17)12-22(43(39,40)41)24(25(19)35)32-30-20-13-18(42(27,37)38)8-10-21(20)34;23-16-9-13(29)2-5-17(16)26-25-12-1-4-15-11(7-12)8-20(38(34,35)36)21(22(15)31)28-27-18-10-14(37(24,32)33)3-6-19(18)30;;;;/h2-13,33-35H,1H3,(H,28,36)(H2,27,37,38)(H,39,40,41);1-10,29-31H,23H2,(H2,24,32,33)(H,34,35,36);;;;/q;;;3*+1/p-2. The third-order valence-corrected chi connectivity index (χ3v) is 14.3. The van der Waals surface area contributed by atoms with E-state index in [1.807, 2.05) is 0 Å². The number of rotatable bonds is 14. The van der Waals surface area contributed by atoms with Crippen LogP contribution in [0.25, 0.3) is 21.5 Å². The Balaban J connectivity index is 0.000000428. The summed E-state index contributed by atoms with van der Waals surface area (Å²) in [5, 5.41) is 104. The molecule has 85 heavy (non-hydrogen) atoms. The van der Waals surface area contributed by atoms with Gasteiger partial charge in [0.2, 0.25) is 20.0 Å². The number of aliphatic hydroxyl groups excluding tert-OH is 1. The summed E-state index contributed by atoms with van der Waals surface area (Å²) in [6.45, 7) is 1.23. The first-order valence-electron chi connectivity index (χ1n) is 22.1. The molecule has 0 fully saturated rings. The van der Waals surface area contributed by atoms with E-state index in [4.69, 9.17) is 16.0 Å². The van der Waals surface area contributed by atoms with Gasteiger partial charge in [0.05, 0.1) is 36.6 Å². The molecule has 0 saturated heterocycles. The predicted molar refractivity (Wildman–Crippen MR) is 286 cm³/mol. The van der Waals surface area contributed by atoms with Crippen molar-refractivity contribution in [3.63, 3.8) is 0 Å². The number of nitrogens with zero attached hydrogens (tertiary/aromatic N) is 8. The van der Waals surface area contributed by atoms with E-state index < -0.39 is 123 Å². The third kappa shape index (κ3) is 18.6. The van der Waals surface area contributed by atoms with Gasteiger partial charge in [-0.2, -0.15) is 10.2 Å². The van der Waals surface area contributed by atoms with E-state index >= 15 is 0 Å². The first-order valence-corrected chi connectivity index (χ1v) is 28.0. The average molecular weight is 1300 g/mol. The number of fused-ring (bicyclic) bond motifs is 2. The normalized spacial score (nSPS) is 12.2. The van der Waals surface area contributed by atoms with Crippen molar-refractivity contribution >= 4 is 119 Å². The van der Waals surface area contributed by atoms with E-state index in [2.05, 4.69) is 46.2 Å². The van der Waals surface area contributed by atoms with E-state index in [0.29, 0.717) is 5.69 Å². The van der Waals surface area contributed by atoms with Crippen molar-refractivity contribution in [3.8, 4) is 28.7 Å². The molecule has 0 aliphatic carbocycles. The Kier molecular flexibility index (Phi) is 25.6. The molecule has 8 rings (SSSR count). The summed E-state index contributed by atoms with van der Waals surface area (Å²) in [6.07, 6.45) is 0. The quantitative estimate of drug-likeness (QED) is 0.0166. The maximum atomic E-state index is 12.6. The van der Waals surface area contributed by atoms with Gasteiger partial charge in [0.25, 0.3) is 5.91 Å². The number of phenolic OH excluding ortho intramolecular Hbond substituents is 5. The second-order valence-corrected chi connectivity index (χ2v) is 22.4. The fourth-order valence-electron chi connectivity index (χ4n) is 6.95. The van der Waals surface area contributed by atoms with Crippen LogP contribution in [0.1, 0.15) is 6.92 Å². The van der Waals surface area contributed by atoms with E-state index in [1.165, 1.54) is 61.5 Å². The van der Waals surface area contributed by atoms with Crippen molar-refractivity contribution in [3.05, 3.63) is 145 Å². The van der Waals surface area contributed by atoms with E-state index in [1.54, 1.807) is 30.3 Å². The molecule has 8 aromatic rings. The monoisotopic (exact) mass is 1300 g/mol. The second-order valence-electron chi connectivity index (χ2n) is 16.6. The van der Waals surface area contributed by atoms with Gasteiger partial charge in [0.1, 0.15) is 71.7 Å². The van der Waals surface area contributed by atoms with Gasteiger partial charge < -0.3 is 50.8 Å². The zero-order valence-corrected chi connectivity index (χ0v) is 54.8. The van der Waals surface area contributed by atoms with Crippen LogP contribution >= 0.6 is 0 Å². The molecule has 0 aromatic heterocycles. The van der Waals surface area contributed by atoms with Crippen molar-refractivity contribution < 1.29 is 184 Å². The van der Waals surface area contributed by atoms with Crippen molar-refractivity contribution in [1.29, 1.82) is 0 Å². The number of carbonyl (C=O) groups excluding carboxylic acids is 1. The summed E-state index contributed by atoms with van der Waals surface area (Å²) in [6, 6.07) is 27.9. The van der Waals surface area contributed by atoms with Crippen molar-refractivity contribution in [2.45, 2.75) is 26.5 Å². The number of nitrogens with two attached hydrogens (primary N) is 3. The van der Waals surface area contributed by atoms with Crippen LogP contribution in [-0.2, 0) is 62.4 Å². The number of nitrogen functional groups attached to an aromatic ring is 1. The maximum Gasteiger partial charge on any atom is 1.00 e. The molecule has 37 heteroatoms. The number of aliphatic hydroxyl groups is 1. The van der Waals surface area contributed by atoms with Crippen LogP contribution in [0.15, 0.2) is 205 Å². The molecule has 0 bridgehead atoms. The van der Waals surface area contributed by atoms with Crippen LogP contribution in [0.2, 0.25) is 0 Å². The van der Waals surface area contributed by atoms with E-state index in [9.17, 15) is 78.2 Å². The molecule has 0 aliphatic heterocycles. The molecule has 424 valence electrons. The molecule has 29 nitrogen and oxygen atoms in total. The molecule has 8 aromatic carbocycles. The number of anilines is 2. The fraction of sp³-hybridized carbons (Fsp3) is 0.0208. The number of hydrogen-bond acceptors (Lipinski definition) is 26. The van der Waals surface area contributed by atoms with Gasteiger partial charge in [-0.3, -0.25) is 4.79 Å². The Hall–Kier alpha value is -6.34. The number of amides is 1. The molecule has 0 unspecified atom stereocenters. The number of phenols is 5. The topological polar surface area (TPSA) is 510 Å². The fourth-order valence-corrected chi connectivity index (χ4v) is 9.31. The zero-order chi connectivity index (χ0) is 59.4. The SMILES string of the molecule is CC(O)=C(N=Nc1ccc2c(O)c(N=Nc3cc(S(N)(=O)=O)ccc3O)c(S(=O)(=O)[O-])cc2c1)C(=O)Nc1ccccc1.Nc1cc(O)ccc1N=Nc1ccc2c(O)c(N=Nc3cc(S(N)(=O)=O)ccc3O)c(S(=O)(=O)[O-])cc2c1.[Cr].[Na+].[Na+].[Na+]. The molecule has 0 aliphatic rings. The molecule has 0 heterocycles. The number of azo groups is 4. The number of carbonyl (C=O) groups is 1. The largest absolute Gasteiger partial charge is 1.00 e. The minimum absolute atomic E-state index is 0. The summed E-state index contributed by atoms with van der Waals surface area (Å²) in [5.41, 5.74) is 4.06.